The Kier molecular flexibility index (Phi) is 3.52. The number of aromatic carboxylic acids is 1. The zero-order valence-electron chi connectivity index (χ0n) is 9.83. The molecule has 0 amide bonds. The Bertz CT molecular complexity index is 555. The summed E-state index contributed by atoms with van der Waals surface area (Å²) in [4.78, 5) is 19.3. The van der Waals surface area contributed by atoms with Gasteiger partial charge >= 0.3 is 5.97 Å². The second-order valence-corrected chi connectivity index (χ2v) is 3.54. The van der Waals surface area contributed by atoms with Crippen LogP contribution in [0.15, 0.2) is 36.8 Å². The summed E-state index contributed by atoms with van der Waals surface area (Å²) >= 11 is 0. The van der Waals surface area contributed by atoms with Crippen LogP contribution in [0.25, 0.3) is 11.3 Å². The number of carbonyl (C=O) groups is 1. The number of hydrogen-bond donors (Lipinski definition) is 1. The Hall–Kier alpha value is -2.43. The van der Waals surface area contributed by atoms with Crippen molar-refractivity contribution in [2.75, 3.05) is 6.61 Å². The van der Waals surface area contributed by atoms with E-state index in [0.29, 0.717) is 12.3 Å². The molecule has 0 saturated carbocycles. The van der Waals surface area contributed by atoms with Gasteiger partial charge in [-0.25, -0.2) is 4.79 Å². The third kappa shape index (κ3) is 2.45. The molecule has 92 valence electrons. The van der Waals surface area contributed by atoms with Gasteiger partial charge in [-0.1, -0.05) is 0 Å². The van der Waals surface area contributed by atoms with Gasteiger partial charge in [0.1, 0.15) is 5.56 Å². The number of hydrogen-bond acceptors (Lipinski definition) is 4. The molecule has 2 heterocycles. The summed E-state index contributed by atoms with van der Waals surface area (Å²) in [5.41, 5.74) is 1.51. The molecule has 0 aromatic carbocycles. The summed E-state index contributed by atoms with van der Waals surface area (Å²) in [5, 5.41) is 9.14. The van der Waals surface area contributed by atoms with Gasteiger partial charge in [-0.05, 0) is 25.1 Å². The van der Waals surface area contributed by atoms with Crippen molar-refractivity contribution in [1.82, 2.24) is 9.97 Å². The lowest BCUT2D eigenvalue weighted by atomic mass is 10.1. The largest absolute Gasteiger partial charge is 0.491 e. The van der Waals surface area contributed by atoms with Crippen LogP contribution in [0, 0.1) is 0 Å². The fourth-order valence-corrected chi connectivity index (χ4v) is 1.56. The summed E-state index contributed by atoms with van der Waals surface area (Å²) in [6.45, 7) is 2.19. The first-order valence-electron chi connectivity index (χ1n) is 5.49. The van der Waals surface area contributed by atoms with Crippen molar-refractivity contribution in [1.29, 1.82) is 0 Å². The van der Waals surface area contributed by atoms with Crippen LogP contribution in [0.1, 0.15) is 17.3 Å². The van der Waals surface area contributed by atoms with E-state index in [9.17, 15) is 4.79 Å². The molecule has 0 radical (unpaired) electrons. The number of rotatable bonds is 4. The molecule has 0 aliphatic heterocycles. The number of ether oxygens (including phenoxy) is 1. The molecule has 18 heavy (non-hydrogen) atoms. The zero-order valence-corrected chi connectivity index (χ0v) is 9.83. The van der Waals surface area contributed by atoms with E-state index < -0.39 is 5.97 Å². The third-order valence-electron chi connectivity index (χ3n) is 2.37. The molecule has 0 aliphatic carbocycles. The third-order valence-corrected chi connectivity index (χ3v) is 2.37. The van der Waals surface area contributed by atoms with Gasteiger partial charge < -0.3 is 9.84 Å². The molecule has 0 aliphatic rings. The van der Waals surface area contributed by atoms with Crippen LogP contribution in [0.3, 0.4) is 0 Å². The maximum absolute atomic E-state index is 11.2. The van der Waals surface area contributed by atoms with Crippen molar-refractivity contribution in [3.05, 3.63) is 42.4 Å². The minimum atomic E-state index is -1.03. The lowest BCUT2D eigenvalue weighted by molar-refractivity contribution is 0.0692. The van der Waals surface area contributed by atoms with Crippen molar-refractivity contribution in [2.45, 2.75) is 6.92 Å². The Morgan fingerprint density at radius 3 is 2.72 bits per heavy atom. The van der Waals surface area contributed by atoms with E-state index in [1.54, 1.807) is 31.5 Å². The normalized spacial score (nSPS) is 10.1. The Morgan fingerprint density at radius 1 is 1.39 bits per heavy atom. The van der Waals surface area contributed by atoms with Crippen LogP contribution in [0.2, 0.25) is 0 Å². The second-order valence-electron chi connectivity index (χ2n) is 3.54. The smallest absolute Gasteiger partial charge is 0.339 e. The summed E-state index contributed by atoms with van der Waals surface area (Å²) in [6, 6.07) is 5.05. The predicted molar refractivity (Wildman–Crippen MR) is 65.6 cm³/mol. The average molecular weight is 244 g/mol. The highest BCUT2D eigenvalue weighted by Gasteiger charge is 2.13. The lowest BCUT2D eigenvalue weighted by Gasteiger charge is -2.08. The Balaban J connectivity index is 2.46. The Morgan fingerprint density at radius 2 is 2.11 bits per heavy atom. The quantitative estimate of drug-likeness (QED) is 0.892. The van der Waals surface area contributed by atoms with Crippen molar-refractivity contribution in [2.24, 2.45) is 0 Å². The fraction of sp³-hybridized carbons (Fsp3) is 0.154. The summed E-state index contributed by atoms with van der Waals surface area (Å²) < 4.78 is 5.23. The van der Waals surface area contributed by atoms with Gasteiger partial charge in [0, 0.05) is 18.0 Å². The fourth-order valence-electron chi connectivity index (χ4n) is 1.56. The molecule has 1 N–H and O–H groups in total. The van der Waals surface area contributed by atoms with E-state index >= 15 is 0 Å². The maximum Gasteiger partial charge on any atom is 0.339 e. The van der Waals surface area contributed by atoms with Crippen LogP contribution in [-0.2, 0) is 0 Å². The van der Waals surface area contributed by atoms with Gasteiger partial charge in [0.2, 0.25) is 0 Å². The highest BCUT2D eigenvalue weighted by atomic mass is 16.5. The van der Waals surface area contributed by atoms with Crippen molar-refractivity contribution in [3.8, 4) is 17.0 Å². The number of aromatic nitrogens is 2. The van der Waals surface area contributed by atoms with Crippen LogP contribution in [-0.4, -0.2) is 27.7 Å². The van der Waals surface area contributed by atoms with Crippen LogP contribution in [0.5, 0.6) is 5.75 Å². The molecular weight excluding hydrogens is 232 g/mol. The van der Waals surface area contributed by atoms with E-state index in [1.807, 2.05) is 0 Å². The van der Waals surface area contributed by atoms with E-state index in [4.69, 9.17) is 9.84 Å². The van der Waals surface area contributed by atoms with E-state index in [0.717, 1.165) is 5.56 Å². The molecule has 0 saturated heterocycles. The van der Waals surface area contributed by atoms with E-state index in [-0.39, 0.29) is 11.3 Å². The number of nitrogens with zero attached hydrogens (tertiary/aromatic N) is 2. The van der Waals surface area contributed by atoms with Gasteiger partial charge in [0.15, 0.2) is 5.75 Å². The first-order valence-corrected chi connectivity index (χ1v) is 5.49. The molecule has 5 nitrogen and oxygen atoms in total. The van der Waals surface area contributed by atoms with Gasteiger partial charge in [-0.15, -0.1) is 0 Å². The molecule has 0 atom stereocenters. The molecule has 2 rings (SSSR count). The molecule has 5 heteroatoms. The molecule has 2 aromatic rings. The number of carboxylic acid groups (broad SMARTS) is 1. The molecular formula is C13H12N2O3. The number of pyridine rings is 2. The van der Waals surface area contributed by atoms with Crippen molar-refractivity contribution in [3.63, 3.8) is 0 Å². The summed E-state index contributed by atoms with van der Waals surface area (Å²) in [5.74, 6) is -0.751. The molecule has 0 unspecified atom stereocenters. The highest BCUT2D eigenvalue weighted by molar-refractivity contribution is 5.92. The molecule has 0 fully saturated rings. The van der Waals surface area contributed by atoms with Crippen LogP contribution in [0.4, 0.5) is 0 Å². The minimum Gasteiger partial charge on any atom is -0.491 e. The van der Waals surface area contributed by atoms with Gasteiger partial charge in [0.25, 0.3) is 0 Å². The summed E-state index contributed by atoms with van der Waals surface area (Å²) in [7, 11) is 0. The van der Waals surface area contributed by atoms with Gasteiger partial charge in [0.05, 0.1) is 18.5 Å². The molecule has 2 aromatic heterocycles. The predicted octanol–water partition coefficient (Wildman–Crippen LogP) is 2.24. The monoisotopic (exact) mass is 244 g/mol. The molecule has 0 spiro atoms. The average Bonchev–Trinajstić information content (AvgIpc) is 2.40. The molecule has 0 bridgehead atoms. The topological polar surface area (TPSA) is 72.3 Å². The minimum absolute atomic E-state index is 0.110. The SMILES string of the molecule is CCOc1cnc(-c2ccncc2)cc1C(=O)O. The first-order chi connectivity index (χ1) is 8.72. The van der Waals surface area contributed by atoms with Crippen LogP contribution < -0.4 is 4.74 Å². The van der Waals surface area contributed by atoms with E-state index in [2.05, 4.69) is 9.97 Å². The summed E-state index contributed by atoms with van der Waals surface area (Å²) in [6.07, 6.45) is 4.70. The van der Waals surface area contributed by atoms with Crippen molar-refractivity contribution < 1.29 is 14.6 Å². The standard InChI is InChI=1S/C13H12N2O3/c1-2-18-12-8-15-11(7-10(12)13(16)17)9-3-5-14-6-4-9/h3-8H,2H2,1H3,(H,16,17). The maximum atomic E-state index is 11.2. The highest BCUT2D eigenvalue weighted by Crippen LogP contribution is 2.23. The second kappa shape index (κ2) is 5.27. The lowest BCUT2D eigenvalue weighted by Crippen LogP contribution is -2.04. The van der Waals surface area contributed by atoms with Gasteiger partial charge in [-0.3, -0.25) is 9.97 Å². The van der Waals surface area contributed by atoms with Crippen LogP contribution >= 0.6 is 0 Å². The number of carboxylic acids is 1. The Labute approximate surface area is 104 Å². The first kappa shape index (κ1) is 12.0. The van der Waals surface area contributed by atoms with E-state index in [1.165, 1.54) is 12.3 Å². The zero-order chi connectivity index (χ0) is 13.0. The van der Waals surface area contributed by atoms with Gasteiger partial charge in [-0.2, -0.15) is 0 Å². The van der Waals surface area contributed by atoms with Crippen molar-refractivity contribution >= 4 is 5.97 Å².